The van der Waals surface area contributed by atoms with Crippen molar-refractivity contribution in [2.45, 2.75) is 64.6 Å². The molecule has 0 spiro atoms. The number of Topliss-reactive ketones (excluding diaryl/α,β-unsaturated/α-hetero) is 1. The van der Waals surface area contributed by atoms with Crippen molar-refractivity contribution in [2.24, 2.45) is 0 Å². The second-order valence-electron chi connectivity index (χ2n) is 8.88. The number of H-pyrrole nitrogens is 1. The van der Waals surface area contributed by atoms with Crippen LogP contribution in [0.4, 0.5) is 0 Å². The van der Waals surface area contributed by atoms with Gasteiger partial charge in [-0.3, -0.25) is 9.59 Å². The zero-order chi connectivity index (χ0) is 25.1. The molecule has 9 heteroatoms. The van der Waals surface area contributed by atoms with E-state index in [-0.39, 0.29) is 33.3 Å². The number of allylic oxidation sites excluding steroid dienone is 2. The minimum absolute atomic E-state index is 0.0265. The molecule has 3 aromatic rings. The van der Waals surface area contributed by atoms with E-state index in [1.165, 1.54) is 44.4 Å². The summed E-state index contributed by atoms with van der Waals surface area (Å²) in [5.74, 6) is -0.528. The van der Waals surface area contributed by atoms with E-state index in [2.05, 4.69) is 25.6 Å². The van der Waals surface area contributed by atoms with Gasteiger partial charge in [-0.1, -0.05) is 23.4 Å². The van der Waals surface area contributed by atoms with E-state index >= 15 is 0 Å². The van der Waals surface area contributed by atoms with Gasteiger partial charge in [0.25, 0.3) is 5.56 Å². The lowest BCUT2D eigenvalue weighted by Crippen LogP contribution is -2.16. The van der Waals surface area contributed by atoms with Crippen molar-refractivity contribution in [1.29, 1.82) is 0 Å². The minimum atomic E-state index is -0.626. The first-order chi connectivity index (χ1) is 16.8. The number of aryl methyl sites for hydroxylation is 2. The monoisotopic (exact) mass is 494 g/mol. The number of fused-ring (bicyclic) bond motifs is 1. The first kappa shape index (κ1) is 24.9. The molecule has 4 rings (SSSR count). The van der Waals surface area contributed by atoms with E-state index in [1.807, 2.05) is 19.9 Å². The van der Waals surface area contributed by atoms with Crippen molar-refractivity contribution >= 4 is 34.5 Å². The number of carbonyl (C=O) groups excluding carboxylic acids is 2. The Morgan fingerprint density at radius 3 is 2.66 bits per heavy atom. The largest absolute Gasteiger partial charge is 0.465 e. The van der Waals surface area contributed by atoms with Gasteiger partial charge >= 0.3 is 5.97 Å². The van der Waals surface area contributed by atoms with Crippen LogP contribution < -0.4 is 5.56 Å². The van der Waals surface area contributed by atoms with Crippen LogP contribution >= 0.6 is 11.8 Å². The molecule has 0 radical (unpaired) electrons. The minimum Gasteiger partial charge on any atom is -0.465 e. The van der Waals surface area contributed by atoms with E-state index in [1.54, 1.807) is 6.92 Å². The lowest BCUT2D eigenvalue weighted by Gasteiger charge is -2.15. The van der Waals surface area contributed by atoms with Crippen LogP contribution in [-0.2, 0) is 11.3 Å². The van der Waals surface area contributed by atoms with Crippen molar-refractivity contribution in [1.82, 2.24) is 19.5 Å². The lowest BCUT2D eigenvalue weighted by molar-refractivity contribution is 0.0602. The molecule has 0 saturated carbocycles. The van der Waals surface area contributed by atoms with Crippen molar-refractivity contribution in [3.05, 3.63) is 62.3 Å². The highest BCUT2D eigenvalue weighted by atomic mass is 32.2. The van der Waals surface area contributed by atoms with Crippen LogP contribution in [0, 0.1) is 20.8 Å². The molecule has 0 atom stereocenters. The fraction of sp³-hybridized carbons (Fsp3) is 0.423. The molecule has 1 N–H and O–H groups in total. The van der Waals surface area contributed by atoms with E-state index in [0.29, 0.717) is 11.3 Å². The Morgan fingerprint density at radius 2 is 1.94 bits per heavy atom. The molecule has 0 fully saturated rings. The van der Waals surface area contributed by atoms with E-state index in [0.717, 1.165) is 36.1 Å². The quantitative estimate of drug-likeness (QED) is 0.159. The van der Waals surface area contributed by atoms with Crippen molar-refractivity contribution < 1.29 is 14.3 Å². The number of esters is 1. The first-order valence-corrected chi connectivity index (χ1v) is 12.8. The second kappa shape index (κ2) is 10.6. The highest BCUT2D eigenvalue weighted by molar-refractivity contribution is 7.99. The van der Waals surface area contributed by atoms with Crippen LogP contribution in [0.25, 0.3) is 11.0 Å². The van der Waals surface area contributed by atoms with Crippen molar-refractivity contribution in [2.75, 3.05) is 12.9 Å². The fourth-order valence-corrected chi connectivity index (χ4v) is 5.35. The van der Waals surface area contributed by atoms with Gasteiger partial charge in [-0.05, 0) is 65.0 Å². The first-order valence-electron chi connectivity index (χ1n) is 11.8. The zero-order valence-electron chi connectivity index (χ0n) is 20.6. The third-order valence-electron chi connectivity index (χ3n) is 6.44. The van der Waals surface area contributed by atoms with Gasteiger partial charge in [0, 0.05) is 29.2 Å². The zero-order valence-corrected chi connectivity index (χ0v) is 21.4. The predicted octanol–water partition coefficient (Wildman–Crippen LogP) is 4.70. The molecule has 8 nitrogen and oxygen atoms in total. The number of hydrogen-bond donors (Lipinski definition) is 1. The number of nitrogens with one attached hydrogen (secondary N) is 1. The summed E-state index contributed by atoms with van der Waals surface area (Å²) in [6.45, 7) is 6.60. The van der Waals surface area contributed by atoms with Gasteiger partial charge in [-0.15, -0.1) is 0 Å². The number of rotatable bonds is 8. The summed E-state index contributed by atoms with van der Waals surface area (Å²) < 4.78 is 7.00. The van der Waals surface area contributed by atoms with Gasteiger partial charge in [0.1, 0.15) is 0 Å². The Hall–Kier alpha value is -3.20. The number of pyridine rings is 1. The number of ether oxygens (including phenoxy) is 1. The molecule has 0 amide bonds. The Bertz CT molecular complexity index is 1390. The molecule has 35 heavy (non-hydrogen) atoms. The number of nitrogens with zero attached hydrogens (tertiary/aromatic N) is 3. The average Bonchev–Trinajstić information content (AvgIpc) is 3.13. The van der Waals surface area contributed by atoms with Crippen LogP contribution in [0.2, 0.25) is 0 Å². The predicted molar refractivity (Wildman–Crippen MR) is 136 cm³/mol. The molecular weight excluding hydrogens is 464 g/mol. The number of methoxy groups -OCH3 is 1. The summed E-state index contributed by atoms with van der Waals surface area (Å²) in [5.41, 5.74) is 4.55. The van der Waals surface area contributed by atoms with Crippen molar-refractivity contribution in [3.8, 4) is 0 Å². The molecule has 0 saturated heterocycles. The number of carbonyl (C=O) groups is 2. The number of aromatic amines is 1. The summed E-state index contributed by atoms with van der Waals surface area (Å²) in [5, 5.41) is 0.359. The summed E-state index contributed by atoms with van der Waals surface area (Å²) in [7, 11) is 1.26. The molecule has 0 aliphatic heterocycles. The van der Waals surface area contributed by atoms with Crippen LogP contribution in [0.5, 0.6) is 0 Å². The normalized spacial score (nSPS) is 13.7. The van der Waals surface area contributed by atoms with Gasteiger partial charge in [0.2, 0.25) is 0 Å². The smallest absolute Gasteiger partial charge is 0.338 e. The number of thioether (sulfide) groups is 1. The highest BCUT2D eigenvalue weighted by Crippen LogP contribution is 2.24. The summed E-state index contributed by atoms with van der Waals surface area (Å²) in [6, 6.07) is 3.44. The van der Waals surface area contributed by atoms with E-state index in [4.69, 9.17) is 4.74 Å². The van der Waals surface area contributed by atoms with Gasteiger partial charge in [0.15, 0.2) is 16.6 Å². The van der Waals surface area contributed by atoms with Gasteiger partial charge in [-0.25, -0.2) is 14.8 Å². The standard InChI is InChI=1S/C26H30N4O4S/c1-15-12-20(25(33)34-4)22-23(27-15)28-26(29-24(22)32)35-14-21(31)19-13-16(2)30(17(19)3)11-10-18-8-6-5-7-9-18/h8,12-13H,5-7,9-11,14H2,1-4H3,(H,27,28,29,32). The SMILES string of the molecule is COC(=O)c1cc(C)nc2nc(SCC(=O)c3cc(C)n(CCC4=CCCCC4)c3C)[nH]c(=O)c12. The van der Waals surface area contributed by atoms with E-state index < -0.39 is 11.5 Å². The molecule has 1 aliphatic rings. The van der Waals surface area contributed by atoms with Crippen LogP contribution in [0.15, 0.2) is 33.7 Å². The second-order valence-corrected chi connectivity index (χ2v) is 9.84. The molecule has 0 aromatic carbocycles. The van der Waals surface area contributed by atoms with Crippen LogP contribution in [-0.4, -0.2) is 44.1 Å². The van der Waals surface area contributed by atoms with Gasteiger partial charge in [0.05, 0.1) is 23.8 Å². The Balaban J connectivity index is 1.50. The van der Waals surface area contributed by atoms with Crippen LogP contribution in [0.3, 0.4) is 0 Å². The Kier molecular flexibility index (Phi) is 7.54. The maximum Gasteiger partial charge on any atom is 0.338 e. The molecule has 3 heterocycles. The molecule has 3 aromatic heterocycles. The Labute approximate surface area is 208 Å². The van der Waals surface area contributed by atoms with Crippen LogP contribution in [0.1, 0.15) is 69.9 Å². The maximum absolute atomic E-state index is 13.1. The van der Waals surface area contributed by atoms with Gasteiger partial charge in [-0.2, -0.15) is 0 Å². The molecule has 0 unspecified atom stereocenters. The molecule has 0 bridgehead atoms. The van der Waals surface area contributed by atoms with Gasteiger partial charge < -0.3 is 14.3 Å². The average molecular weight is 495 g/mol. The molecule has 1 aliphatic carbocycles. The molecular formula is C26H30N4O4S. The number of aromatic nitrogens is 4. The van der Waals surface area contributed by atoms with E-state index in [9.17, 15) is 14.4 Å². The molecule has 184 valence electrons. The van der Waals surface area contributed by atoms with Crippen molar-refractivity contribution in [3.63, 3.8) is 0 Å². The number of hydrogen-bond acceptors (Lipinski definition) is 7. The number of ketones is 1. The topological polar surface area (TPSA) is 107 Å². The lowest BCUT2D eigenvalue weighted by atomic mass is 9.97. The summed E-state index contributed by atoms with van der Waals surface area (Å²) in [4.78, 5) is 49.2. The summed E-state index contributed by atoms with van der Waals surface area (Å²) in [6.07, 6.45) is 8.27. The maximum atomic E-state index is 13.1. The third-order valence-corrected chi connectivity index (χ3v) is 7.32. The highest BCUT2D eigenvalue weighted by Gasteiger charge is 2.20. The Morgan fingerprint density at radius 1 is 1.14 bits per heavy atom. The fourth-order valence-electron chi connectivity index (χ4n) is 4.61. The summed E-state index contributed by atoms with van der Waals surface area (Å²) >= 11 is 1.15. The third kappa shape index (κ3) is 5.40.